The van der Waals surface area contributed by atoms with E-state index in [1.54, 1.807) is 0 Å². The second-order valence-corrected chi connectivity index (χ2v) is 3.51. The fourth-order valence-electron chi connectivity index (χ4n) is 1.80. The number of carbonyl (C=O) groups is 1. The van der Waals surface area contributed by atoms with Gasteiger partial charge in [0.05, 0.1) is 11.8 Å². The third kappa shape index (κ3) is 1.49. The van der Waals surface area contributed by atoms with Crippen LogP contribution in [0.5, 0.6) is 0 Å². The summed E-state index contributed by atoms with van der Waals surface area (Å²) in [5, 5.41) is 3.64. The first-order valence-electron chi connectivity index (χ1n) is 4.39. The lowest BCUT2D eigenvalue weighted by Crippen LogP contribution is -2.13. The van der Waals surface area contributed by atoms with Gasteiger partial charge in [0.15, 0.2) is 12.0 Å². The smallest absolute Gasteiger partial charge is 0.155 e. The highest BCUT2D eigenvalue weighted by Gasteiger charge is 2.26. The van der Waals surface area contributed by atoms with Gasteiger partial charge >= 0.3 is 0 Å². The highest BCUT2D eigenvalue weighted by Crippen LogP contribution is 2.27. The van der Waals surface area contributed by atoms with E-state index in [2.05, 4.69) is 17.1 Å². The first kappa shape index (κ1) is 8.44. The molecule has 0 N–H and O–H groups in total. The normalized spacial score (nSPS) is 23.6. The number of hydrogen-bond acceptors (Lipinski definition) is 4. The van der Waals surface area contributed by atoms with Crippen molar-refractivity contribution >= 4 is 6.29 Å². The van der Waals surface area contributed by atoms with Gasteiger partial charge in [0.2, 0.25) is 0 Å². The van der Waals surface area contributed by atoms with E-state index in [4.69, 9.17) is 4.52 Å². The molecule has 1 unspecified atom stereocenters. The summed E-state index contributed by atoms with van der Waals surface area (Å²) < 4.78 is 5.08. The second kappa shape index (κ2) is 3.30. The van der Waals surface area contributed by atoms with Gasteiger partial charge in [-0.25, -0.2) is 0 Å². The number of carbonyl (C=O) groups excluding carboxylic acids is 1. The highest BCUT2D eigenvalue weighted by molar-refractivity contribution is 5.75. The van der Waals surface area contributed by atoms with E-state index in [-0.39, 0.29) is 0 Å². The predicted molar refractivity (Wildman–Crippen MR) is 46.7 cm³/mol. The van der Waals surface area contributed by atoms with Gasteiger partial charge in [-0.15, -0.1) is 0 Å². The molecule has 0 aromatic carbocycles. The zero-order valence-electron chi connectivity index (χ0n) is 7.56. The average Bonchev–Trinajstić information content (AvgIpc) is 2.71. The number of likely N-dealkylation sites (tertiary alicyclic amines) is 1. The summed E-state index contributed by atoms with van der Waals surface area (Å²) in [6.45, 7) is 2.01. The molecule has 1 aliphatic rings. The van der Waals surface area contributed by atoms with Crippen molar-refractivity contribution in [3.63, 3.8) is 0 Å². The molecule has 1 aromatic rings. The van der Waals surface area contributed by atoms with Crippen molar-refractivity contribution in [2.45, 2.75) is 12.3 Å². The SMILES string of the molecule is CN1CCC(c2oncc2C=O)C1. The summed E-state index contributed by atoms with van der Waals surface area (Å²) in [4.78, 5) is 12.8. The Morgan fingerprint density at radius 3 is 3.23 bits per heavy atom. The molecule has 2 rings (SSSR count). The third-order valence-corrected chi connectivity index (χ3v) is 2.52. The van der Waals surface area contributed by atoms with Gasteiger partial charge in [-0.2, -0.15) is 0 Å². The molecule has 1 atom stereocenters. The monoisotopic (exact) mass is 180 g/mol. The van der Waals surface area contributed by atoms with E-state index >= 15 is 0 Å². The molecule has 0 radical (unpaired) electrons. The molecular weight excluding hydrogens is 168 g/mol. The van der Waals surface area contributed by atoms with E-state index in [9.17, 15) is 4.79 Å². The summed E-state index contributed by atoms with van der Waals surface area (Å²) in [7, 11) is 2.07. The lowest BCUT2D eigenvalue weighted by molar-refractivity contribution is 0.112. The van der Waals surface area contributed by atoms with Crippen LogP contribution in [0.3, 0.4) is 0 Å². The molecule has 0 saturated carbocycles. The Morgan fingerprint density at radius 2 is 2.62 bits per heavy atom. The first-order valence-corrected chi connectivity index (χ1v) is 4.39. The topological polar surface area (TPSA) is 46.3 Å². The molecular formula is C9H12N2O2. The van der Waals surface area contributed by atoms with Crippen LogP contribution in [0, 0.1) is 0 Å². The van der Waals surface area contributed by atoms with Gasteiger partial charge in [0, 0.05) is 12.5 Å². The Balaban J connectivity index is 2.20. The molecule has 0 bridgehead atoms. The predicted octanol–water partition coefficient (Wildman–Crippen LogP) is 0.906. The molecule has 13 heavy (non-hydrogen) atoms. The van der Waals surface area contributed by atoms with Crippen molar-refractivity contribution < 1.29 is 9.32 Å². The van der Waals surface area contributed by atoms with Crippen molar-refractivity contribution in [3.05, 3.63) is 17.5 Å². The van der Waals surface area contributed by atoms with Gasteiger partial charge in [-0.05, 0) is 20.0 Å². The zero-order valence-corrected chi connectivity index (χ0v) is 7.56. The lowest BCUT2D eigenvalue weighted by atomic mass is 10.0. The summed E-state index contributed by atoms with van der Waals surface area (Å²) in [5.41, 5.74) is 0.598. The van der Waals surface area contributed by atoms with Crippen molar-refractivity contribution in [1.82, 2.24) is 10.1 Å². The van der Waals surface area contributed by atoms with Crippen molar-refractivity contribution in [2.24, 2.45) is 0 Å². The van der Waals surface area contributed by atoms with E-state index in [0.29, 0.717) is 11.5 Å². The second-order valence-electron chi connectivity index (χ2n) is 3.51. The molecule has 0 spiro atoms. The summed E-state index contributed by atoms with van der Waals surface area (Å²) in [6, 6.07) is 0. The molecule has 1 aliphatic heterocycles. The Kier molecular flexibility index (Phi) is 2.14. The van der Waals surface area contributed by atoms with Crippen LogP contribution in [0.25, 0.3) is 0 Å². The lowest BCUT2D eigenvalue weighted by Gasteiger charge is -2.06. The number of aromatic nitrogens is 1. The minimum atomic E-state index is 0.340. The molecule has 1 aromatic heterocycles. The van der Waals surface area contributed by atoms with Gasteiger partial charge in [-0.3, -0.25) is 4.79 Å². The molecule has 0 amide bonds. The molecule has 2 heterocycles. The van der Waals surface area contributed by atoms with Gasteiger partial charge in [0.25, 0.3) is 0 Å². The molecule has 4 nitrogen and oxygen atoms in total. The summed E-state index contributed by atoms with van der Waals surface area (Å²) >= 11 is 0. The van der Waals surface area contributed by atoms with E-state index in [1.165, 1.54) is 6.20 Å². The molecule has 1 fully saturated rings. The van der Waals surface area contributed by atoms with Crippen LogP contribution < -0.4 is 0 Å². The van der Waals surface area contributed by atoms with E-state index in [1.807, 2.05) is 0 Å². The Hall–Kier alpha value is -1.16. The maximum Gasteiger partial charge on any atom is 0.155 e. The third-order valence-electron chi connectivity index (χ3n) is 2.52. The van der Waals surface area contributed by atoms with Crippen LogP contribution in [0.15, 0.2) is 10.7 Å². The number of hydrogen-bond donors (Lipinski definition) is 0. The Labute approximate surface area is 76.5 Å². The Morgan fingerprint density at radius 1 is 1.77 bits per heavy atom. The van der Waals surface area contributed by atoms with Crippen molar-refractivity contribution in [3.8, 4) is 0 Å². The number of likely N-dealkylation sites (N-methyl/N-ethyl adjacent to an activating group) is 1. The summed E-state index contributed by atoms with van der Waals surface area (Å²) in [5.74, 6) is 1.09. The van der Waals surface area contributed by atoms with Crippen LogP contribution in [-0.2, 0) is 0 Å². The van der Waals surface area contributed by atoms with Gasteiger partial charge < -0.3 is 9.42 Å². The maximum absolute atomic E-state index is 10.6. The number of nitrogens with zero attached hydrogens (tertiary/aromatic N) is 2. The van der Waals surface area contributed by atoms with Crippen LogP contribution in [-0.4, -0.2) is 36.5 Å². The van der Waals surface area contributed by atoms with E-state index in [0.717, 1.165) is 31.6 Å². The van der Waals surface area contributed by atoms with E-state index < -0.39 is 0 Å². The van der Waals surface area contributed by atoms with Crippen LogP contribution in [0.4, 0.5) is 0 Å². The largest absolute Gasteiger partial charge is 0.360 e. The highest BCUT2D eigenvalue weighted by atomic mass is 16.5. The molecule has 0 aliphatic carbocycles. The maximum atomic E-state index is 10.6. The average molecular weight is 180 g/mol. The molecule has 1 saturated heterocycles. The Bertz CT molecular complexity index is 308. The fourth-order valence-corrected chi connectivity index (χ4v) is 1.80. The first-order chi connectivity index (χ1) is 6.31. The summed E-state index contributed by atoms with van der Waals surface area (Å²) in [6.07, 6.45) is 3.34. The minimum Gasteiger partial charge on any atom is -0.360 e. The number of rotatable bonds is 2. The standard InChI is InChI=1S/C9H12N2O2/c1-11-3-2-7(5-11)9-8(6-12)4-10-13-9/h4,6-7H,2-3,5H2,1H3. The molecule has 4 heteroatoms. The van der Waals surface area contributed by atoms with Gasteiger partial charge in [0.1, 0.15) is 0 Å². The van der Waals surface area contributed by atoms with Crippen LogP contribution in [0.2, 0.25) is 0 Å². The quantitative estimate of drug-likeness (QED) is 0.634. The fraction of sp³-hybridized carbons (Fsp3) is 0.556. The van der Waals surface area contributed by atoms with Crippen molar-refractivity contribution in [2.75, 3.05) is 20.1 Å². The molecule has 70 valence electrons. The van der Waals surface area contributed by atoms with Crippen LogP contribution in [0.1, 0.15) is 28.5 Å². The zero-order chi connectivity index (χ0) is 9.26. The minimum absolute atomic E-state index is 0.340. The van der Waals surface area contributed by atoms with Crippen LogP contribution >= 0.6 is 0 Å². The number of aldehydes is 1. The van der Waals surface area contributed by atoms with Gasteiger partial charge in [-0.1, -0.05) is 5.16 Å². The van der Waals surface area contributed by atoms with Crippen molar-refractivity contribution in [1.29, 1.82) is 0 Å².